The summed E-state index contributed by atoms with van der Waals surface area (Å²) in [7, 11) is 0. The Morgan fingerprint density at radius 2 is 2.33 bits per heavy atom. The summed E-state index contributed by atoms with van der Waals surface area (Å²) < 4.78 is 2.36. The lowest BCUT2D eigenvalue weighted by molar-refractivity contribution is 0.292. The highest BCUT2D eigenvalue weighted by Crippen LogP contribution is 2.48. The standard InChI is InChI=1S/C15H25N3/c1-2-14(16)9-15-17-5-6-18(15)10-13-8-11-3-4-12(13)7-11/h5-6,11-14H,2-4,7-10,16H2,1H3. The summed E-state index contributed by atoms with van der Waals surface area (Å²) in [4.78, 5) is 4.49. The van der Waals surface area contributed by atoms with Crippen molar-refractivity contribution in [2.45, 2.75) is 58.0 Å². The maximum atomic E-state index is 6.05. The van der Waals surface area contributed by atoms with Gasteiger partial charge < -0.3 is 10.3 Å². The number of hydrogen-bond donors (Lipinski definition) is 1. The van der Waals surface area contributed by atoms with Crippen molar-refractivity contribution in [1.82, 2.24) is 9.55 Å². The molecule has 4 atom stereocenters. The van der Waals surface area contributed by atoms with Crippen LogP contribution in [0.2, 0.25) is 0 Å². The fourth-order valence-electron chi connectivity index (χ4n) is 3.93. The third-order valence-electron chi connectivity index (χ3n) is 5.09. The van der Waals surface area contributed by atoms with Crippen LogP contribution in [0.1, 0.15) is 44.9 Å². The largest absolute Gasteiger partial charge is 0.335 e. The first-order chi connectivity index (χ1) is 8.76. The summed E-state index contributed by atoms with van der Waals surface area (Å²) in [6.45, 7) is 3.32. The second-order valence-electron chi connectivity index (χ2n) is 6.30. The zero-order valence-electron chi connectivity index (χ0n) is 11.4. The van der Waals surface area contributed by atoms with Crippen molar-refractivity contribution in [2.24, 2.45) is 23.5 Å². The lowest BCUT2D eigenvalue weighted by atomic mass is 9.89. The number of nitrogens with zero attached hydrogens (tertiary/aromatic N) is 2. The first-order valence-electron chi connectivity index (χ1n) is 7.51. The fourth-order valence-corrected chi connectivity index (χ4v) is 3.93. The van der Waals surface area contributed by atoms with Crippen molar-refractivity contribution in [3.63, 3.8) is 0 Å². The van der Waals surface area contributed by atoms with E-state index in [4.69, 9.17) is 5.73 Å². The quantitative estimate of drug-likeness (QED) is 0.869. The van der Waals surface area contributed by atoms with Gasteiger partial charge in [-0.2, -0.15) is 0 Å². The number of hydrogen-bond acceptors (Lipinski definition) is 2. The predicted octanol–water partition coefficient (Wildman–Crippen LogP) is 2.60. The van der Waals surface area contributed by atoms with Crippen LogP contribution in [0, 0.1) is 17.8 Å². The second-order valence-corrected chi connectivity index (χ2v) is 6.30. The number of aromatic nitrogens is 2. The summed E-state index contributed by atoms with van der Waals surface area (Å²) in [5.41, 5.74) is 6.05. The Morgan fingerprint density at radius 1 is 1.44 bits per heavy atom. The minimum absolute atomic E-state index is 0.256. The summed E-state index contributed by atoms with van der Waals surface area (Å²) in [5.74, 6) is 4.11. The molecule has 2 saturated carbocycles. The van der Waals surface area contributed by atoms with E-state index in [2.05, 4.69) is 22.7 Å². The molecular formula is C15H25N3. The van der Waals surface area contributed by atoms with Gasteiger partial charge in [-0.3, -0.25) is 0 Å². The third-order valence-corrected chi connectivity index (χ3v) is 5.09. The van der Waals surface area contributed by atoms with Crippen molar-refractivity contribution in [3.8, 4) is 0 Å². The molecule has 0 aliphatic heterocycles. The second kappa shape index (κ2) is 5.04. The smallest absolute Gasteiger partial charge is 0.110 e. The fraction of sp³-hybridized carbons (Fsp3) is 0.800. The number of rotatable bonds is 5. The highest BCUT2D eigenvalue weighted by atomic mass is 15.1. The average molecular weight is 247 g/mol. The van der Waals surface area contributed by atoms with E-state index < -0.39 is 0 Å². The minimum Gasteiger partial charge on any atom is -0.335 e. The molecule has 2 fully saturated rings. The van der Waals surface area contributed by atoms with Gasteiger partial charge in [-0.15, -0.1) is 0 Å². The van der Waals surface area contributed by atoms with Crippen molar-refractivity contribution in [2.75, 3.05) is 0 Å². The van der Waals surface area contributed by atoms with Gasteiger partial charge in [0.1, 0.15) is 5.82 Å². The first kappa shape index (κ1) is 12.2. The first-order valence-corrected chi connectivity index (χ1v) is 7.51. The summed E-state index contributed by atoms with van der Waals surface area (Å²) >= 11 is 0. The number of imidazole rings is 1. The molecule has 0 amide bonds. The molecule has 18 heavy (non-hydrogen) atoms. The Balaban J connectivity index is 1.64. The molecule has 2 aliphatic carbocycles. The Morgan fingerprint density at radius 3 is 3.00 bits per heavy atom. The zero-order chi connectivity index (χ0) is 12.5. The van der Waals surface area contributed by atoms with E-state index in [0.717, 1.165) is 30.6 Å². The van der Waals surface area contributed by atoms with E-state index in [1.165, 1.54) is 38.1 Å². The van der Waals surface area contributed by atoms with E-state index in [1.807, 2.05) is 6.20 Å². The lowest BCUT2D eigenvalue weighted by Gasteiger charge is -2.23. The topological polar surface area (TPSA) is 43.8 Å². The summed E-state index contributed by atoms with van der Waals surface area (Å²) in [5, 5.41) is 0. The van der Waals surface area contributed by atoms with E-state index in [9.17, 15) is 0 Å². The van der Waals surface area contributed by atoms with Gasteiger partial charge in [0, 0.05) is 31.4 Å². The van der Waals surface area contributed by atoms with Gasteiger partial charge in [-0.1, -0.05) is 13.3 Å². The normalized spacial score (nSPS) is 32.0. The number of nitrogens with two attached hydrogens (primary N) is 1. The molecule has 2 aliphatic rings. The van der Waals surface area contributed by atoms with Gasteiger partial charge in [0.05, 0.1) is 0 Å². The Hall–Kier alpha value is -0.830. The number of fused-ring (bicyclic) bond motifs is 2. The van der Waals surface area contributed by atoms with Crippen LogP contribution in [0.3, 0.4) is 0 Å². The van der Waals surface area contributed by atoms with Gasteiger partial charge >= 0.3 is 0 Å². The van der Waals surface area contributed by atoms with Gasteiger partial charge in [0.15, 0.2) is 0 Å². The van der Waals surface area contributed by atoms with Gasteiger partial charge in [-0.05, 0) is 43.4 Å². The van der Waals surface area contributed by atoms with E-state index in [0.29, 0.717) is 0 Å². The maximum absolute atomic E-state index is 6.05. The Kier molecular flexibility index (Phi) is 3.42. The van der Waals surface area contributed by atoms with Crippen molar-refractivity contribution in [3.05, 3.63) is 18.2 Å². The monoisotopic (exact) mass is 247 g/mol. The van der Waals surface area contributed by atoms with E-state index in [1.54, 1.807) is 0 Å². The van der Waals surface area contributed by atoms with Crippen molar-refractivity contribution in [1.29, 1.82) is 0 Å². The average Bonchev–Trinajstić information content (AvgIpc) is 3.07. The van der Waals surface area contributed by atoms with Crippen LogP contribution in [0.25, 0.3) is 0 Å². The molecule has 3 rings (SSSR count). The Bertz CT molecular complexity index is 398. The SMILES string of the molecule is CCC(N)Cc1nccn1CC1CC2CCC1C2. The molecular weight excluding hydrogens is 222 g/mol. The van der Waals surface area contributed by atoms with Crippen LogP contribution in [0.5, 0.6) is 0 Å². The molecule has 2 bridgehead atoms. The van der Waals surface area contributed by atoms with Crippen molar-refractivity contribution >= 4 is 0 Å². The molecule has 1 heterocycles. The highest BCUT2D eigenvalue weighted by molar-refractivity contribution is 4.98. The molecule has 1 aromatic rings. The molecule has 3 nitrogen and oxygen atoms in total. The van der Waals surface area contributed by atoms with Crippen molar-refractivity contribution < 1.29 is 0 Å². The van der Waals surface area contributed by atoms with Crippen LogP contribution in [-0.4, -0.2) is 15.6 Å². The van der Waals surface area contributed by atoms with Gasteiger partial charge in [0.25, 0.3) is 0 Å². The predicted molar refractivity (Wildman–Crippen MR) is 73.1 cm³/mol. The van der Waals surface area contributed by atoms with Gasteiger partial charge in [0.2, 0.25) is 0 Å². The molecule has 100 valence electrons. The van der Waals surface area contributed by atoms with Gasteiger partial charge in [-0.25, -0.2) is 4.98 Å². The highest BCUT2D eigenvalue weighted by Gasteiger charge is 2.39. The maximum Gasteiger partial charge on any atom is 0.110 e. The Labute approximate surface area is 110 Å². The zero-order valence-corrected chi connectivity index (χ0v) is 11.4. The van der Waals surface area contributed by atoms with Crippen LogP contribution >= 0.6 is 0 Å². The van der Waals surface area contributed by atoms with Crippen LogP contribution in [-0.2, 0) is 13.0 Å². The minimum atomic E-state index is 0.256. The van der Waals surface area contributed by atoms with Crippen LogP contribution in [0.4, 0.5) is 0 Å². The van der Waals surface area contributed by atoms with E-state index >= 15 is 0 Å². The molecule has 0 spiro atoms. The molecule has 4 unspecified atom stereocenters. The molecule has 0 saturated heterocycles. The molecule has 3 heteroatoms. The molecule has 0 aromatic carbocycles. The summed E-state index contributed by atoms with van der Waals surface area (Å²) in [6.07, 6.45) is 11.9. The molecule has 0 radical (unpaired) electrons. The summed E-state index contributed by atoms with van der Waals surface area (Å²) in [6, 6.07) is 0.256. The van der Waals surface area contributed by atoms with Crippen LogP contribution in [0.15, 0.2) is 12.4 Å². The van der Waals surface area contributed by atoms with Crippen LogP contribution < -0.4 is 5.73 Å². The van der Waals surface area contributed by atoms with E-state index in [-0.39, 0.29) is 6.04 Å². The lowest BCUT2D eigenvalue weighted by Crippen LogP contribution is -2.25. The molecule has 1 aromatic heterocycles. The molecule has 2 N–H and O–H groups in total. The third kappa shape index (κ3) is 2.33.